The Bertz CT molecular complexity index is 1210. The van der Waals surface area contributed by atoms with Gasteiger partial charge >= 0.3 is 0 Å². The molecule has 7 nitrogen and oxygen atoms in total. The lowest BCUT2D eigenvalue weighted by molar-refractivity contribution is -0.122. The van der Waals surface area contributed by atoms with E-state index in [0.717, 1.165) is 59.6 Å². The quantitative estimate of drug-likeness (QED) is 0.370. The summed E-state index contributed by atoms with van der Waals surface area (Å²) in [5.41, 5.74) is 13.5. The molecule has 0 amide bonds. The largest absolute Gasteiger partial charge is 0.398 e. The predicted octanol–water partition coefficient (Wildman–Crippen LogP) is 4.32. The van der Waals surface area contributed by atoms with Crippen LogP contribution < -0.4 is 16.4 Å². The van der Waals surface area contributed by atoms with Gasteiger partial charge in [-0.2, -0.15) is 0 Å². The Balaban J connectivity index is 1.58. The molecule has 196 valence electrons. The number of aliphatic imine (C=N–C) groups is 1. The molecular formula is C30H40N6O. The Morgan fingerprint density at radius 3 is 2.51 bits per heavy atom. The number of nitrogen functional groups attached to an aromatic ring is 1. The molecular weight excluding hydrogens is 460 g/mol. The van der Waals surface area contributed by atoms with Crippen molar-refractivity contribution >= 4 is 23.4 Å². The highest BCUT2D eigenvalue weighted by molar-refractivity contribution is 5.89. The molecule has 2 heterocycles. The lowest BCUT2D eigenvalue weighted by Gasteiger charge is -2.41. The summed E-state index contributed by atoms with van der Waals surface area (Å²) in [5, 5.41) is 7.21. The summed E-state index contributed by atoms with van der Waals surface area (Å²) in [6, 6.07) is 12.3. The topological polar surface area (TPSA) is 86.0 Å². The van der Waals surface area contributed by atoms with Gasteiger partial charge in [0, 0.05) is 62.5 Å². The highest BCUT2D eigenvalue weighted by atomic mass is 16.1. The van der Waals surface area contributed by atoms with Crippen LogP contribution in [-0.2, 0) is 4.79 Å². The minimum absolute atomic E-state index is 0.0693. The van der Waals surface area contributed by atoms with Crippen LogP contribution in [0.5, 0.6) is 0 Å². The van der Waals surface area contributed by atoms with E-state index in [-0.39, 0.29) is 18.1 Å². The molecule has 0 radical (unpaired) electrons. The second kappa shape index (κ2) is 11.8. The first kappa shape index (κ1) is 26.6. The summed E-state index contributed by atoms with van der Waals surface area (Å²) < 4.78 is 0. The predicted molar refractivity (Wildman–Crippen MR) is 154 cm³/mol. The Morgan fingerprint density at radius 1 is 1.16 bits per heavy atom. The molecule has 4 N–H and O–H groups in total. The Labute approximate surface area is 221 Å². The van der Waals surface area contributed by atoms with Gasteiger partial charge in [0.1, 0.15) is 11.9 Å². The summed E-state index contributed by atoms with van der Waals surface area (Å²) in [7, 11) is 5.85. The average molecular weight is 501 g/mol. The Hall–Kier alpha value is -3.42. The molecule has 0 bridgehead atoms. The number of carbonyl (C=O) groups excluding carboxylic acids is 1. The summed E-state index contributed by atoms with van der Waals surface area (Å²) in [5.74, 6) is 0.533. The zero-order valence-electron chi connectivity index (χ0n) is 22.7. The van der Waals surface area contributed by atoms with E-state index in [4.69, 9.17) is 5.73 Å². The molecule has 0 aromatic heterocycles. The molecule has 1 fully saturated rings. The molecule has 4 rings (SSSR count). The van der Waals surface area contributed by atoms with Gasteiger partial charge < -0.3 is 21.3 Å². The van der Waals surface area contributed by atoms with Crippen LogP contribution >= 0.6 is 0 Å². The monoisotopic (exact) mass is 500 g/mol. The minimum atomic E-state index is -0.0693. The maximum absolute atomic E-state index is 11.8. The highest BCUT2D eigenvalue weighted by Crippen LogP contribution is 2.35. The molecule has 1 saturated heterocycles. The number of piperidine rings is 1. The zero-order valence-corrected chi connectivity index (χ0v) is 22.7. The van der Waals surface area contributed by atoms with Crippen molar-refractivity contribution < 1.29 is 4.79 Å². The van der Waals surface area contributed by atoms with Gasteiger partial charge in [-0.25, -0.2) is 0 Å². The van der Waals surface area contributed by atoms with Gasteiger partial charge in [-0.3, -0.25) is 14.7 Å². The maximum Gasteiger partial charge on any atom is 0.133 e. The van der Waals surface area contributed by atoms with E-state index in [1.807, 2.05) is 25.4 Å². The van der Waals surface area contributed by atoms with Crippen LogP contribution in [0.3, 0.4) is 0 Å². The number of likely N-dealkylation sites (tertiary alicyclic amines) is 1. The van der Waals surface area contributed by atoms with E-state index in [1.54, 1.807) is 14.0 Å². The second-order valence-corrected chi connectivity index (χ2v) is 10.1. The first-order valence-corrected chi connectivity index (χ1v) is 13.0. The van der Waals surface area contributed by atoms with Crippen molar-refractivity contribution in [2.75, 3.05) is 45.3 Å². The fourth-order valence-electron chi connectivity index (χ4n) is 5.54. The number of allylic oxidation sites excluding steroid dienone is 1. The molecule has 0 saturated carbocycles. The van der Waals surface area contributed by atoms with Crippen LogP contribution in [0.4, 0.5) is 11.4 Å². The van der Waals surface area contributed by atoms with Gasteiger partial charge in [0.25, 0.3) is 0 Å². The van der Waals surface area contributed by atoms with Gasteiger partial charge in [-0.15, -0.1) is 0 Å². The summed E-state index contributed by atoms with van der Waals surface area (Å²) >= 11 is 0. The number of aryl methyl sites for hydroxylation is 1. The van der Waals surface area contributed by atoms with Crippen molar-refractivity contribution in [3.8, 4) is 0 Å². The molecule has 2 aromatic carbocycles. The van der Waals surface area contributed by atoms with Crippen LogP contribution in [0.25, 0.3) is 0 Å². The third-order valence-corrected chi connectivity index (χ3v) is 7.60. The van der Waals surface area contributed by atoms with Crippen LogP contribution in [0.2, 0.25) is 0 Å². The Morgan fingerprint density at radius 2 is 1.86 bits per heavy atom. The molecule has 2 aliphatic heterocycles. The summed E-state index contributed by atoms with van der Waals surface area (Å²) in [4.78, 5) is 20.7. The van der Waals surface area contributed by atoms with Crippen LogP contribution in [0, 0.1) is 12.8 Å². The highest BCUT2D eigenvalue weighted by Gasteiger charge is 2.29. The fourth-order valence-corrected chi connectivity index (χ4v) is 5.54. The summed E-state index contributed by atoms with van der Waals surface area (Å²) in [6.45, 7) is 5.73. The SMILES string of the molecule is CN=Cc1c(N)cccc1C(NC)c1cccc(C)c1NC1=CN(C)C(N2CCC(C(C)=O)CC2)C=C1. The number of carbonyl (C=O) groups is 1. The van der Waals surface area contributed by atoms with Crippen LogP contribution in [0.1, 0.15) is 48.1 Å². The van der Waals surface area contributed by atoms with Crippen molar-refractivity contribution in [3.05, 3.63) is 82.7 Å². The number of nitrogens with one attached hydrogen (secondary N) is 2. The Kier molecular flexibility index (Phi) is 8.46. The molecule has 2 atom stereocenters. The van der Waals surface area contributed by atoms with Gasteiger partial charge in [-0.05, 0) is 68.6 Å². The van der Waals surface area contributed by atoms with Crippen molar-refractivity contribution in [2.24, 2.45) is 10.9 Å². The van der Waals surface area contributed by atoms with Crippen LogP contribution in [0.15, 0.2) is 65.4 Å². The van der Waals surface area contributed by atoms with Crippen molar-refractivity contribution in [3.63, 3.8) is 0 Å². The zero-order chi connectivity index (χ0) is 26.5. The number of anilines is 2. The maximum atomic E-state index is 11.8. The lowest BCUT2D eigenvalue weighted by atomic mass is 9.91. The van der Waals surface area contributed by atoms with E-state index < -0.39 is 0 Å². The molecule has 0 spiro atoms. The summed E-state index contributed by atoms with van der Waals surface area (Å²) in [6.07, 6.45) is 10.5. The number of rotatable bonds is 8. The number of hydrogen-bond donors (Lipinski definition) is 3. The third-order valence-electron chi connectivity index (χ3n) is 7.60. The van der Waals surface area contributed by atoms with E-state index in [2.05, 4.69) is 82.0 Å². The molecule has 37 heavy (non-hydrogen) atoms. The smallest absolute Gasteiger partial charge is 0.133 e. The van der Waals surface area contributed by atoms with E-state index >= 15 is 0 Å². The number of likely N-dealkylation sites (N-methyl/N-ethyl adjacent to an activating group) is 1. The normalized spacial score (nSPS) is 19.8. The average Bonchev–Trinajstić information content (AvgIpc) is 2.88. The number of hydrogen-bond acceptors (Lipinski definition) is 7. The third kappa shape index (κ3) is 5.78. The second-order valence-electron chi connectivity index (χ2n) is 10.1. The van der Waals surface area contributed by atoms with Crippen molar-refractivity contribution in [2.45, 2.75) is 38.9 Å². The molecule has 7 heteroatoms. The minimum Gasteiger partial charge on any atom is -0.398 e. The first-order valence-electron chi connectivity index (χ1n) is 13.0. The first-order chi connectivity index (χ1) is 17.8. The number of benzene rings is 2. The molecule has 2 aliphatic rings. The number of para-hydroxylation sites is 1. The van der Waals surface area contributed by atoms with Gasteiger partial charge in [0.2, 0.25) is 0 Å². The lowest BCUT2D eigenvalue weighted by Crippen LogP contribution is -2.48. The van der Waals surface area contributed by atoms with Crippen molar-refractivity contribution in [1.29, 1.82) is 0 Å². The van der Waals surface area contributed by atoms with Gasteiger partial charge in [-0.1, -0.05) is 30.3 Å². The van der Waals surface area contributed by atoms with E-state index in [9.17, 15) is 4.79 Å². The van der Waals surface area contributed by atoms with E-state index in [1.165, 1.54) is 0 Å². The molecule has 2 aromatic rings. The number of nitrogens with zero attached hydrogens (tertiary/aromatic N) is 3. The standard InChI is InChI=1S/C30H40N6O/c1-20-8-6-10-25(30(33-4)24-9-7-11-27(31)26(24)18-32-3)29(20)34-23-12-13-28(35(5)19-23)36-16-14-22(15-17-36)21(2)37/h6-13,18-19,22,28,30,33-34H,14-17,31H2,1-5H3. The van der Waals surface area contributed by atoms with Gasteiger partial charge in [0.05, 0.1) is 11.7 Å². The number of Topliss-reactive ketones (excluding diaryl/α,β-unsaturated/α-hetero) is 1. The van der Waals surface area contributed by atoms with E-state index in [0.29, 0.717) is 11.5 Å². The van der Waals surface area contributed by atoms with Crippen molar-refractivity contribution in [1.82, 2.24) is 15.1 Å². The van der Waals surface area contributed by atoms with Gasteiger partial charge in [0.15, 0.2) is 0 Å². The molecule has 2 unspecified atom stereocenters. The molecule has 0 aliphatic carbocycles. The fraction of sp³-hybridized carbons (Fsp3) is 0.400. The van der Waals surface area contributed by atoms with Crippen LogP contribution in [-0.4, -0.2) is 62.2 Å². The number of nitrogens with two attached hydrogens (primary N) is 1. The number of ketones is 1.